The fraction of sp³-hybridized carbons (Fsp3) is 0.926. The largest absolute Gasteiger partial charge is 0.466 e. The molecule has 2 atom stereocenters. The lowest BCUT2D eigenvalue weighted by Gasteiger charge is -2.22. The molecule has 0 aromatic carbocycles. The number of esters is 1. The number of nitrogens with one attached hydrogen (secondary N) is 1. The van der Waals surface area contributed by atoms with Crippen molar-refractivity contribution in [2.75, 3.05) is 13.2 Å². The molecule has 0 aromatic heterocycles. The summed E-state index contributed by atoms with van der Waals surface area (Å²) in [6, 6.07) is -0.552. The lowest BCUT2D eigenvalue weighted by Crippen LogP contribution is -2.45. The highest BCUT2D eigenvalue weighted by atomic mass is 16.5. The van der Waals surface area contributed by atoms with Crippen molar-refractivity contribution in [3.63, 3.8) is 0 Å². The molecule has 0 aromatic rings. The monoisotopic (exact) mass is 848 g/mol. The molecule has 0 heterocycles. The second-order valence-corrected chi connectivity index (χ2v) is 18.6. The van der Waals surface area contributed by atoms with E-state index in [4.69, 9.17) is 4.74 Å². The molecule has 0 radical (unpaired) electrons. The summed E-state index contributed by atoms with van der Waals surface area (Å²) >= 11 is 0. The van der Waals surface area contributed by atoms with Crippen molar-refractivity contribution < 1.29 is 24.5 Å². The average molecular weight is 848 g/mol. The standard InChI is InChI=1S/C54H105NO5/c1-3-5-7-9-11-13-15-17-19-21-22-26-30-34-38-42-46-52(57)51(50-56)55-53(58)47-43-39-35-31-27-24-25-29-33-37-41-45-49-60-54(59)48-44-40-36-32-28-23-20-18-16-14-12-10-8-6-4-2/h18,20,51-52,56-57H,3-17,19,21-50H2,1-2H3,(H,55,58)/b20-18-. The second-order valence-electron chi connectivity index (χ2n) is 18.6. The Morgan fingerprint density at radius 1 is 0.450 bits per heavy atom. The SMILES string of the molecule is CCCCCCCC/C=C\CCCCCCCC(=O)OCCCCCCCCCCCCCCC(=O)NC(CO)C(O)CCCCCCCCCCCCCCCCCC. The maximum Gasteiger partial charge on any atom is 0.305 e. The van der Waals surface area contributed by atoms with E-state index in [1.807, 2.05) is 0 Å². The first kappa shape index (κ1) is 58.6. The van der Waals surface area contributed by atoms with E-state index >= 15 is 0 Å². The maximum absolute atomic E-state index is 12.5. The molecule has 0 saturated heterocycles. The molecule has 2 unspecified atom stereocenters. The molecule has 0 saturated carbocycles. The first-order valence-electron chi connectivity index (χ1n) is 26.9. The van der Waals surface area contributed by atoms with Gasteiger partial charge in [0, 0.05) is 12.8 Å². The van der Waals surface area contributed by atoms with Crippen molar-refractivity contribution in [2.24, 2.45) is 0 Å². The van der Waals surface area contributed by atoms with Crippen molar-refractivity contribution in [3.05, 3.63) is 12.2 Å². The van der Waals surface area contributed by atoms with Gasteiger partial charge in [-0.25, -0.2) is 0 Å². The van der Waals surface area contributed by atoms with Gasteiger partial charge in [0.2, 0.25) is 5.91 Å². The number of hydrogen-bond donors (Lipinski definition) is 3. The average Bonchev–Trinajstić information content (AvgIpc) is 3.25. The molecule has 0 spiro atoms. The number of unbranched alkanes of at least 4 members (excludes halogenated alkanes) is 37. The summed E-state index contributed by atoms with van der Waals surface area (Å²) in [5.41, 5.74) is 0. The van der Waals surface area contributed by atoms with E-state index in [0.29, 0.717) is 25.9 Å². The second kappa shape index (κ2) is 50.2. The van der Waals surface area contributed by atoms with Gasteiger partial charge in [0.05, 0.1) is 25.4 Å². The Morgan fingerprint density at radius 2 is 0.783 bits per heavy atom. The molecular formula is C54H105NO5. The fourth-order valence-corrected chi connectivity index (χ4v) is 8.40. The van der Waals surface area contributed by atoms with Gasteiger partial charge in [0.25, 0.3) is 0 Å². The molecule has 3 N–H and O–H groups in total. The number of ether oxygens (including phenoxy) is 1. The number of aliphatic hydroxyl groups is 2. The molecular weight excluding hydrogens is 743 g/mol. The van der Waals surface area contributed by atoms with Crippen LogP contribution in [0.25, 0.3) is 0 Å². The third-order valence-electron chi connectivity index (χ3n) is 12.6. The minimum atomic E-state index is -0.674. The van der Waals surface area contributed by atoms with Crippen LogP contribution < -0.4 is 5.32 Å². The fourth-order valence-electron chi connectivity index (χ4n) is 8.40. The summed E-state index contributed by atoms with van der Waals surface area (Å²) in [4.78, 5) is 24.5. The number of allylic oxidation sites excluding steroid dienone is 2. The van der Waals surface area contributed by atoms with Gasteiger partial charge in [0.15, 0.2) is 0 Å². The van der Waals surface area contributed by atoms with E-state index in [0.717, 1.165) is 57.8 Å². The lowest BCUT2D eigenvalue weighted by molar-refractivity contribution is -0.143. The van der Waals surface area contributed by atoms with Crippen LogP contribution in [0.2, 0.25) is 0 Å². The number of amides is 1. The Labute approximate surface area is 374 Å². The smallest absolute Gasteiger partial charge is 0.305 e. The number of carbonyl (C=O) groups excluding carboxylic acids is 2. The van der Waals surface area contributed by atoms with E-state index in [1.165, 1.54) is 205 Å². The first-order valence-corrected chi connectivity index (χ1v) is 26.9. The third-order valence-corrected chi connectivity index (χ3v) is 12.6. The summed E-state index contributed by atoms with van der Waals surface area (Å²) in [6.45, 7) is 4.92. The Balaban J connectivity index is 3.46. The number of hydrogen-bond acceptors (Lipinski definition) is 5. The van der Waals surface area contributed by atoms with E-state index in [2.05, 4.69) is 31.3 Å². The molecule has 0 aliphatic carbocycles. The van der Waals surface area contributed by atoms with Crippen LogP contribution >= 0.6 is 0 Å². The number of carbonyl (C=O) groups is 2. The number of aliphatic hydroxyl groups excluding tert-OH is 2. The van der Waals surface area contributed by atoms with Gasteiger partial charge >= 0.3 is 5.97 Å². The van der Waals surface area contributed by atoms with Gasteiger partial charge in [-0.1, -0.05) is 244 Å². The minimum Gasteiger partial charge on any atom is -0.466 e. The van der Waals surface area contributed by atoms with Gasteiger partial charge in [-0.05, 0) is 51.4 Å². The zero-order valence-electron chi connectivity index (χ0n) is 40.5. The predicted octanol–water partition coefficient (Wildman–Crippen LogP) is 16.1. The summed E-state index contributed by atoms with van der Waals surface area (Å²) < 4.78 is 5.46. The van der Waals surface area contributed by atoms with E-state index in [9.17, 15) is 19.8 Å². The molecule has 0 rings (SSSR count). The molecule has 1 amide bonds. The zero-order valence-corrected chi connectivity index (χ0v) is 40.5. The normalized spacial score (nSPS) is 12.7. The van der Waals surface area contributed by atoms with Crippen LogP contribution in [0, 0.1) is 0 Å². The highest BCUT2D eigenvalue weighted by Gasteiger charge is 2.20. The summed E-state index contributed by atoms with van der Waals surface area (Å²) in [7, 11) is 0. The predicted molar refractivity (Wildman–Crippen MR) is 260 cm³/mol. The third kappa shape index (κ3) is 46.1. The molecule has 0 aliphatic heterocycles. The van der Waals surface area contributed by atoms with Gasteiger partial charge < -0.3 is 20.3 Å². The summed E-state index contributed by atoms with van der Waals surface area (Å²) in [5, 5.41) is 23.2. The Hall–Kier alpha value is -1.40. The van der Waals surface area contributed by atoms with Crippen LogP contribution in [0.4, 0.5) is 0 Å². The van der Waals surface area contributed by atoms with Gasteiger partial charge in [-0.2, -0.15) is 0 Å². The highest BCUT2D eigenvalue weighted by Crippen LogP contribution is 2.17. The Morgan fingerprint density at radius 3 is 1.18 bits per heavy atom. The van der Waals surface area contributed by atoms with Crippen molar-refractivity contribution in [1.82, 2.24) is 5.32 Å². The summed E-state index contributed by atoms with van der Waals surface area (Å²) in [6.07, 6.45) is 57.5. The van der Waals surface area contributed by atoms with E-state index in [1.54, 1.807) is 0 Å². The minimum absolute atomic E-state index is 0.0166. The topological polar surface area (TPSA) is 95.9 Å². The quantitative estimate of drug-likeness (QED) is 0.0322. The molecule has 0 bridgehead atoms. The van der Waals surface area contributed by atoms with Crippen molar-refractivity contribution in [2.45, 2.75) is 309 Å². The Bertz CT molecular complexity index is 893. The van der Waals surface area contributed by atoms with E-state index < -0.39 is 12.1 Å². The molecule has 356 valence electrons. The van der Waals surface area contributed by atoms with Crippen LogP contribution in [-0.4, -0.2) is 47.4 Å². The van der Waals surface area contributed by atoms with Crippen LogP contribution in [0.15, 0.2) is 12.2 Å². The van der Waals surface area contributed by atoms with Crippen LogP contribution in [-0.2, 0) is 14.3 Å². The van der Waals surface area contributed by atoms with Gasteiger partial charge in [0.1, 0.15) is 0 Å². The van der Waals surface area contributed by atoms with Crippen molar-refractivity contribution in [1.29, 1.82) is 0 Å². The highest BCUT2D eigenvalue weighted by molar-refractivity contribution is 5.76. The van der Waals surface area contributed by atoms with E-state index in [-0.39, 0.29) is 18.5 Å². The van der Waals surface area contributed by atoms with Crippen LogP contribution in [0.5, 0.6) is 0 Å². The Kier molecular flexibility index (Phi) is 49.1. The van der Waals surface area contributed by atoms with Crippen molar-refractivity contribution >= 4 is 11.9 Å². The summed E-state index contributed by atoms with van der Waals surface area (Å²) in [5.74, 6) is -0.0657. The number of rotatable bonds is 50. The first-order chi connectivity index (χ1) is 29.5. The van der Waals surface area contributed by atoms with Crippen LogP contribution in [0.3, 0.4) is 0 Å². The lowest BCUT2D eigenvalue weighted by atomic mass is 10.0. The maximum atomic E-state index is 12.5. The van der Waals surface area contributed by atoms with Gasteiger partial charge in [-0.15, -0.1) is 0 Å². The molecule has 0 fully saturated rings. The molecule has 60 heavy (non-hydrogen) atoms. The van der Waals surface area contributed by atoms with Crippen LogP contribution in [0.1, 0.15) is 296 Å². The molecule has 6 heteroatoms. The molecule has 6 nitrogen and oxygen atoms in total. The van der Waals surface area contributed by atoms with Crippen molar-refractivity contribution in [3.8, 4) is 0 Å². The zero-order chi connectivity index (χ0) is 43.7. The molecule has 0 aliphatic rings. The van der Waals surface area contributed by atoms with Gasteiger partial charge in [-0.3, -0.25) is 9.59 Å².